The van der Waals surface area contributed by atoms with Crippen LogP contribution in [0.15, 0.2) is 57.7 Å². The molecule has 0 spiro atoms. The number of carbonyl (C=O) groups is 1. The van der Waals surface area contributed by atoms with Crippen LogP contribution in [0.1, 0.15) is 10.4 Å². The van der Waals surface area contributed by atoms with Crippen LogP contribution >= 0.6 is 0 Å². The second-order valence-corrected chi connectivity index (χ2v) is 6.40. The molecule has 0 unspecified atom stereocenters. The number of nitrogens with zero attached hydrogens (tertiary/aromatic N) is 2. The molecule has 0 amide bonds. The second kappa shape index (κ2) is 10.00. The summed E-state index contributed by atoms with van der Waals surface area (Å²) < 4.78 is 5.41. The molecule has 0 saturated carbocycles. The van der Waals surface area contributed by atoms with E-state index in [1.807, 2.05) is 0 Å². The van der Waals surface area contributed by atoms with Crippen molar-refractivity contribution in [3.63, 3.8) is 0 Å². The summed E-state index contributed by atoms with van der Waals surface area (Å²) in [6.07, 6.45) is 0. The van der Waals surface area contributed by atoms with Crippen molar-refractivity contribution in [3.8, 4) is 28.2 Å². The van der Waals surface area contributed by atoms with Gasteiger partial charge in [0.15, 0.2) is 0 Å². The van der Waals surface area contributed by atoms with E-state index >= 15 is 0 Å². The molecule has 0 aromatic heterocycles. The first-order valence-corrected chi connectivity index (χ1v) is 8.55. The van der Waals surface area contributed by atoms with Gasteiger partial charge in [-0.3, -0.25) is 25.0 Å². The molecule has 1 aliphatic carbocycles. The van der Waals surface area contributed by atoms with E-state index < -0.39 is 49.7 Å². The van der Waals surface area contributed by atoms with Crippen LogP contribution in [0.3, 0.4) is 0 Å². The SMILES string of the molecule is O=C([O-])c1ccccc1-c1c2ccc(=O)c([N+](=O)[O-])c-2oc2c([N+](=O)[O-])c([O-])ccc12.[Na+].[Na+]. The number of rotatable bonds is 4. The van der Waals surface area contributed by atoms with E-state index in [-0.39, 0.29) is 86.8 Å². The first-order valence-electron chi connectivity index (χ1n) is 8.55. The van der Waals surface area contributed by atoms with Crippen LogP contribution < -0.4 is 74.8 Å². The number of carbonyl (C=O) groups excluding carboxylic acids is 1. The zero-order valence-corrected chi connectivity index (χ0v) is 21.2. The standard InChI is InChI=1S/C20H10N2O9.2Na/c23-13-7-5-11-15(9-3-1-2-4-10(9)20(25)26)12-6-8-14(24)17(22(29)30)19(12)31-18(11)16(13)21(27)28;;/h1-8,23H,(H,25,26);;/q;2*+1/p-2. The maximum Gasteiger partial charge on any atom is 1.00 e. The molecule has 4 rings (SSSR count). The monoisotopic (exact) mass is 466 g/mol. The van der Waals surface area contributed by atoms with Gasteiger partial charge in [0.2, 0.25) is 11.3 Å². The van der Waals surface area contributed by atoms with E-state index in [2.05, 4.69) is 0 Å². The summed E-state index contributed by atoms with van der Waals surface area (Å²) in [7, 11) is 0. The molecule has 0 bridgehead atoms. The van der Waals surface area contributed by atoms with E-state index in [9.17, 15) is 40.0 Å². The van der Waals surface area contributed by atoms with Crippen LogP contribution in [0.2, 0.25) is 0 Å². The number of aromatic carboxylic acids is 1. The van der Waals surface area contributed by atoms with Crippen LogP contribution in [-0.2, 0) is 0 Å². The van der Waals surface area contributed by atoms with Crippen LogP contribution in [0.25, 0.3) is 33.4 Å². The first-order chi connectivity index (χ1) is 14.7. The van der Waals surface area contributed by atoms with Gasteiger partial charge in [-0.15, -0.1) is 0 Å². The first kappa shape index (κ1) is 26.5. The average Bonchev–Trinajstić information content (AvgIpc) is 2.71. The Morgan fingerprint density at radius 2 is 1.48 bits per heavy atom. The van der Waals surface area contributed by atoms with Crippen LogP contribution in [-0.4, -0.2) is 15.8 Å². The average molecular weight is 466 g/mol. The zero-order chi connectivity index (χ0) is 22.4. The zero-order valence-electron chi connectivity index (χ0n) is 17.2. The minimum absolute atomic E-state index is 0. The number of carboxylic acids is 1. The van der Waals surface area contributed by atoms with Crippen molar-refractivity contribution < 1.29 is 88.4 Å². The molecule has 2 aromatic rings. The van der Waals surface area contributed by atoms with Crippen molar-refractivity contribution in [2.24, 2.45) is 0 Å². The Bertz CT molecular complexity index is 1470. The van der Waals surface area contributed by atoms with Crippen LogP contribution in [0, 0.1) is 20.2 Å². The number of hydrogen-bond donors (Lipinski definition) is 0. The van der Waals surface area contributed by atoms with Gasteiger partial charge in [0.05, 0.1) is 15.8 Å². The van der Waals surface area contributed by atoms with Gasteiger partial charge in [-0.05, 0) is 23.4 Å². The molecule has 154 valence electrons. The number of benzene rings is 3. The molecule has 2 aromatic carbocycles. The quantitative estimate of drug-likeness (QED) is 0.125. The Kier molecular flexibility index (Phi) is 8.01. The normalized spacial score (nSPS) is 10.3. The largest absolute Gasteiger partial charge is 1.00 e. The van der Waals surface area contributed by atoms with Crippen molar-refractivity contribution in [3.05, 3.63) is 84.5 Å². The molecule has 1 aliphatic heterocycles. The molecule has 0 radical (unpaired) electrons. The van der Waals surface area contributed by atoms with Gasteiger partial charge < -0.3 is 19.4 Å². The second-order valence-electron chi connectivity index (χ2n) is 6.40. The summed E-state index contributed by atoms with van der Waals surface area (Å²) in [5.41, 5.74) is -3.99. The predicted molar refractivity (Wildman–Crippen MR) is 102 cm³/mol. The van der Waals surface area contributed by atoms with Crippen LogP contribution in [0.5, 0.6) is 5.75 Å². The summed E-state index contributed by atoms with van der Waals surface area (Å²) in [6.45, 7) is 0. The third-order valence-electron chi connectivity index (χ3n) is 4.71. The molecule has 0 N–H and O–H groups in total. The fraction of sp³-hybridized carbons (Fsp3) is 0. The molecule has 0 atom stereocenters. The number of nitro groups is 2. The molecular weight excluding hydrogens is 458 g/mol. The molecule has 1 heterocycles. The third-order valence-corrected chi connectivity index (χ3v) is 4.71. The van der Waals surface area contributed by atoms with E-state index in [0.29, 0.717) is 0 Å². The topological polar surface area (TPSA) is 180 Å². The summed E-state index contributed by atoms with van der Waals surface area (Å²) in [5, 5.41) is 46.8. The number of carboxylic acid groups (broad SMARTS) is 1. The molecule has 33 heavy (non-hydrogen) atoms. The third kappa shape index (κ3) is 4.38. The smallest absolute Gasteiger partial charge is 0.868 e. The van der Waals surface area contributed by atoms with Crippen molar-refractivity contribution in [1.29, 1.82) is 0 Å². The maximum atomic E-state index is 12.1. The van der Waals surface area contributed by atoms with E-state index in [0.717, 1.165) is 12.1 Å². The number of hydrogen-bond acceptors (Lipinski definition) is 9. The summed E-state index contributed by atoms with van der Waals surface area (Å²) in [5.74, 6) is -3.22. The van der Waals surface area contributed by atoms with Gasteiger partial charge in [-0.1, -0.05) is 36.4 Å². The Labute approximate surface area is 227 Å². The summed E-state index contributed by atoms with van der Waals surface area (Å²) in [4.78, 5) is 44.8. The predicted octanol–water partition coefficient (Wildman–Crippen LogP) is -4.17. The Morgan fingerprint density at radius 3 is 2.09 bits per heavy atom. The molecule has 0 saturated heterocycles. The van der Waals surface area contributed by atoms with Crippen molar-refractivity contribution in [1.82, 2.24) is 0 Å². The van der Waals surface area contributed by atoms with Gasteiger partial charge in [0, 0.05) is 22.1 Å². The van der Waals surface area contributed by atoms with Gasteiger partial charge in [0.25, 0.3) is 5.43 Å². The fourth-order valence-corrected chi connectivity index (χ4v) is 3.47. The van der Waals surface area contributed by atoms with E-state index in [1.165, 1.54) is 36.4 Å². The number of fused-ring (bicyclic) bond motifs is 2. The number of nitro benzene ring substituents is 2. The molecule has 11 nitrogen and oxygen atoms in total. The van der Waals surface area contributed by atoms with Crippen molar-refractivity contribution in [2.45, 2.75) is 0 Å². The minimum Gasteiger partial charge on any atom is -0.868 e. The molecule has 13 heteroatoms. The van der Waals surface area contributed by atoms with Gasteiger partial charge in [-0.25, -0.2) is 0 Å². The van der Waals surface area contributed by atoms with Crippen molar-refractivity contribution >= 4 is 28.3 Å². The summed E-state index contributed by atoms with van der Waals surface area (Å²) in [6, 6.07) is 9.68. The van der Waals surface area contributed by atoms with Gasteiger partial charge in [0.1, 0.15) is 0 Å². The maximum absolute atomic E-state index is 12.1. The Morgan fingerprint density at radius 1 is 0.848 bits per heavy atom. The summed E-state index contributed by atoms with van der Waals surface area (Å²) >= 11 is 0. The van der Waals surface area contributed by atoms with Crippen molar-refractivity contribution in [2.75, 3.05) is 0 Å². The minimum atomic E-state index is -1.57. The van der Waals surface area contributed by atoms with Gasteiger partial charge >= 0.3 is 70.5 Å². The molecular formula is C20H8N2Na2O9. The molecule has 0 fully saturated rings. The Hall–Kier alpha value is -2.80. The fourth-order valence-electron chi connectivity index (χ4n) is 3.47. The Balaban J connectivity index is 0.00000193. The molecule has 2 aliphatic rings. The van der Waals surface area contributed by atoms with E-state index in [4.69, 9.17) is 4.42 Å². The van der Waals surface area contributed by atoms with E-state index in [1.54, 1.807) is 0 Å². The van der Waals surface area contributed by atoms with Gasteiger partial charge in [-0.2, -0.15) is 0 Å². The van der Waals surface area contributed by atoms with Crippen LogP contribution in [0.4, 0.5) is 11.4 Å².